The molecule has 0 amide bonds. The molecular formula is C17H13NOS2. The van der Waals surface area contributed by atoms with Gasteiger partial charge in [-0.05, 0) is 16.0 Å². The largest absolute Gasteiger partial charge is 0.422 e. The third-order valence-corrected chi connectivity index (χ3v) is 4.82. The molecule has 0 N–H and O–H groups in total. The quantitative estimate of drug-likeness (QED) is 0.419. The van der Waals surface area contributed by atoms with Gasteiger partial charge >= 0.3 is 0 Å². The number of nitrogens with zero attached hydrogens (tertiary/aromatic N) is 1. The number of hydrogen-bond donors (Lipinski definition) is 0. The van der Waals surface area contributed by atoms with Gasteiger partial charge in [0.15, 0.2) is 18.2 Å². The zero-order valence-corrected chi connectivity index (χ0v) is 13.1. The van der Waals surface area contributed by atoms with Crippen LogP contribution in [0.4, 0.5) is 0 Å². The summed E-state index contributed by atoms with van der Waals surface area (Å²) in [4.78, 5) is 13.3. The minimum atomic E-state index is 0.0342. The van der Waals surface area contributed by atoms with Crippen LogP contribution in [0.5, 0.6) is 0 Å². The van der Waals surface area contributed by atoms with E-state index in [9.17, 15) is 4.79 Å². The highest BCUT2D eigenvalue weighted by atomic mass is 32.2. The molecule has 3 rings (SSSR count). The van der Waals surface area contributed by atoms with Gasteiger partial charge in [0, 0.05) is 23.3 Å². The molecule has 0 atom stereocenters. The molecule has 2 nitrogen and oxygen atoms in total. The number of carbonyl (C=O) groups is 1. The molecule has 0 fully saturated rings. The molecule has 0 radical (unpaired) electrons. The zero-order valence-electron chi connectivity index (χ0n) is 11.4. The van der Waals surface area contributed by atoms with E-state index in [0.717, 1.165) is 20.3 Å². The molecule has 0 spiro atoms. The predicted molar refractivity (Wildman–Crippen MR) is 86.1 cm³/mol. The number of hydrogen-bond acceptors (Lipinski definition) is 3. The standard InChI is InChI=1S/C17H13NOS2/c1-12-14(18-10-6-3-7-11-18)17(20)21-16(12)15(19)13-8-4-2-5-9-13/h2-11H,1H3. The van der Waals surface area contributed by atoms with Crippen LogP contribution in [0.2, 0.25) is 0 Å². The highest BCUT2D eigenvalue weighted by Gasteiger charge is 2.19. The van der Waals surface area contributed by atoms with Crippen LogP contribution in [0.1, 0.15) is 20.8 Å². The Hall–Kier alpha value is -2.04. The van der Waals surface area contributed by atoms with Crippen molar-refractivity contribution in [2.75, 3.05) is 0 Å². The monoisotopic (exact) mass is 311 g/mol. The average Bonchev–Trinajstić information content (AvgIpc) is 2.83. The molecule has 0 unspecified atom stereocenters. The summed E-state index contributed by atoms with van der Waals surface area (Å²) >= 11 is 6.84. The number of pyridine rings is 1. The summed E-state index contributed by atoms with van der Waals surface area (Å²) in [5, 5.41) is 0. The highest BCUT2D eigenvalue weighted by Crippen LogP contribution is 2.30. The summed E-state index contributed by atoms with van der Waals surface area (Å²) in [7, 11) is 0. The Morgan fingerprint density at radius 2 is 1.67 bits per heavy atom. The molecule has 0 aliphatic rings. The van der Waals surface area contributed by atoms with E-state index in [1.165, 1.54) is 11.3 Å². The topological polar surface area (TPSA) is 20.9 Å². The van der Waals surface area contributed by atoms with Gasteiger partial charge in [0.2, 0.25) is 5.69 Å². The molecule has 0 saturated carbocycles. The molecule has 21 heavy (non-hydrogen) atoms. The SMILES string of the molecule is Cc1c(C(=O)c2ccccc2)sc([S-])c1-[n+]1ccccc1. The van der Waals surface area contributed by atoms with Crippen LogP contribution in [-0.2, 0) is 12.6 Å². The van der Waals surface area contributed by atoms with Gasteiger partial charge in [0.05, 0.1) is 0 Å². The van der Waals surface area contributed by atoms with E-state index < -0.39 is 0 Å². The molecule has 2 heterocycles. The minimum Gasteiger partial charge on any atom is -0.422 e. The van der Waals surface area contributed by atoms with Gasteiger partial charge in [-0.3, -0.25) is 4.79 Å². The van der Waals surface area contributed by atoms with Gasteiger partial charge in [0.25, 0.3) is 0 Å². The fraction of sp³-hybridized carbons (Fsp3) is 0.0588. The van der Waals surface area contributed by atoms with Crippen molar-refractivity contribution in [2.24, 2.45) is 0 Å². The summed E-state index contributed by atoms with van der Waals surface area (Å²) in [6.07, 6.45) is 3.89. The lowest BCUT2D eigenvalue weighted by atomic mass is 10.1. The van der Waals surface area contributed by atoms with Crippen molar-refractivity contribution in [1.82, 2.24) is 0 Å². The molecule has 0 aliphatic heterocycles. The second kappa shape index (κ2) is 5.76. The Labute approximate surface area is 133 Å². The maximum Gasteiger partial charge on any atom is 0.202 e. The smallest absolute Gasteiger partial charge is 0.202 e. The first-order valence-electron chi connectivity index (χ1n) is 6.55. The van der Waals surface area contributed by atoms with Crippen LogP contribution >= 0.6 is 11.3 Å². The molecule has 1 aromatic carbocycles. The van der Waals surface area contributed by atoms with Crippen molar-refractivity contribution in [3.05, 3.63) is 76.9 Å². The normalized spacial score (nSPS) is 10.5. The molecule has 0 bridgehead atoms. The Balaban J connectivity index is 2.09. The average molecular weight is 311 g/mol. The van der Waals surface area contributed by atoms with Crippen molar-refractivity contribution < 1.29 is 9.36 Å². The first-order chi connectivity index (χ1) is 10.2. The molecular weight excluding hydrogens is 298 g/mol. The zero-order chi connectivity index (χ0) is 14.8. The van der Waals surface area contributed by atoms with Crippen molar-refractivity contribution in [1.29, 1.82) is 0 Å². The molecule has 4 heteroatoms. The van der Waals surface area contributed by atoms with Gasteiger partial charge in [-0.25, -0.2) is 0 Å². The lowest BCUT2D eigenvalue weighted by Gasteiger charge is -2.02. The highest BCUT2D eigenvalue weighted by molar-refractivity contribution is 7.63. The summed E-state index contributed by atoms with van der Waals surface area (Å²) < 4.78 is 2.71. The Morgan fingerprint density at radius 3 is 2.33 bits per heavy atom. The van der Waals surface area contributed by atoms with E-state index in [0.29, 0.717) is 5.56 Å². The third kappa shape index (κ3) is 2.60. The van der Waals surface area contributed by atoms with Crippen LogP contribution in [0.3, 0.4) is 0 Å². The summed E-state index contributed by atoms with van der Waals surface area (Å²) in [5.41, 5.74) is 2.56. The van der Waals surface area contributed by atoms with Crippen LogP contribution in [-0.4, -0.2) is 5.78 Å². The molecule has 2 aromatic heterocycles. The summed E-state index contributed by atoms with van der Waals surface area (Å²) in [6, 6.07) is 15.2. The minimum absolute atomic E-state index is 0.0342. The molecule has 0 aliphatic carbocycles. The first-order valence-corrected chi connectivity index (χ1v) is 7.78. The van der Waals surface area contributed by atoms with Gasteiger partial charge in [-0.15, -0.1) is 0 Å². The van der Waals surface area contributed by atoms with Crippen LogP contribution < -0.4 is 4.57 Å². The Bertz CT molecular complexity index is 779. The number of benzene rings is 1. The third-order valence-electron chi connectivity index (χ3n) is 3.30. The maximum absolute atomic E-state index is 12.6. The second-order valence-electron chi connectivity index (χ2n) is 4.67. The lowest BCUT2D eigenvalue weighted by molar-refractivity contribution is -0.598. The number of carbonyl (C=O) groups excluding carboxylic acids is 1. The molecule has 104 valence electrons. The van der Waals surface area contributed by atoms with E-state index in [-0.39, 0.29) is 5.78 Å². The maximum atomic E-state index is 12.6. The van der Waals surface area contributed by atoms with Crippen molar-refractivity contribution in [2.45, 2.75) is 11.1 Å². The van der Waals surface area contributed by atoms with E-state index in [2.05, 4.69) is 0 Å². The predicted octanol–water partition coefficient (Wildman–Crippen LogP) is 3.47. The van der Waals surface area contributed by atoms with E-state index >= 15 is 0 Å². The van der Waals surface area contributed by atoms with Crippen LogP contribution in [0, 0.1) is 6.92 Å². The Kier molecular flexibility index (Phi) is 3.82. The first kappa shape index (κ1) is 13.9. The number of rotatable bonds is 3. The fourth-order valence-corrected chi connectivity index (χ4v) is 3.77. The molecule has 0 saturated heterocycles. The van der Waals surface area contributed by atoms with Gasteiger partial charge < -0.3 is 24.0 Å². The summed E-state index contributed by atoms with van der Waals surface area (Å²) in [6.45, 7) is 1.96. The second-order valence-corrected chi connectivity index (χ2v) is 6.36. The van der Waals surface area contributed by atoms with Gasteiger partial charge in [0.1, 0.15) is 0 Å². The molecule has 3 aromatic rings. The van der Waals surface area contributed by atoms with Crippen molar-refractivity contribution in [3.8, 4) is 5.69 Å². The summed E-state index contributed by atoms with van der Waals surface area (Å²) in [5.74, 6) is 0.0342. The van der Waals surface area contributed by atoms with Crippen molar-refractivity contribution >= 4 is 29.7 Å². The number of ketones is 1. The fourth-order valence-electron chi connectivity index (χ4n) is 2.26. The van der Waals surface area contributed by atoms with Crippen molar-refractivity contribution in [3.63, 3.8) is 0 Å². The van der Waals surface area contributed by atoms with E-state index in [1.54, 1.807) is 0 Å². The number of thiophene rings is 1. The van der Waals surface area contributed by atoms with E-state index in [4.69, 9.17) is 12.6 Å². The van der Waals surface area contributed by atoms with Gasteiger partial charge in [-0.2, -0.15) is 4.57 Å². The van der Waals surface area contributed by atoms with Crippen LogP contribution in [0.15, 0.2) is 65.1 Å². The van der Waals surface area contributed by atoms with E-state index in [1.807, 2.05) is 72.4 Å². The van der Waals surface area contributed by atoms with Gasteiger partial charge in [-0.1, -0.05) is 36.4 Å². The number of aromatic nitrogens is 1. The lowest BCUT2D eigenvalue weighted by Crippen LogP contribution is -2.30. The Morgan fingerprint density at radius 1 is 1.05 bits per heavy atom. The van der Waals surface area contributed by atoms with Crippen LogP contribution in [0.25, 0.3) is 5.69 Å².